The first-order valence-electron chi connectivity index (χ1n) is 4.81. The van der Waals surface area contributed by atoms with E-state index >= 15 is 0 Å². The Hall–Kier alpha value is -0.610. The van der Waals surface area contributed by atoms with E-state index in [-0.39, 0.29) is 17.9 Å². The minimum atomic E-state index is -0.266. The van der Waals surface area contributed by atoms with Gasteiger partial charge < -0.3 is 16.4 Å². The third-order valence-electron chi connectivity index (χ3n) is 2.79. The molecule has 2 atom stereocenters. The van der Waals surface area contributed by atoms with Crippen LogP contribution in [0, 0.1) is 5.92 Å². The van der Waals surface area contributed by atoms with Crippen LogP contribution >= 0.6 is 0 Å². The number of primary amides is 1. The van der Waals surface area contributed by atoms with Crippen LogP contribution in [0.25, 0.3) is 0 Å². The number of amides is 1. The zero-order valence-electron chi connectivity index (χ0n) is 8.36. The standard InChI is InChI=1S/C9H19N3O/c1-6(2)12-4-3-8(10)7(5-12)9(11)13/h6-8H,3-5,10H2,1-2H3,(H2,11,13)/t7-,8?/m1/s1. The number of rotatable bonds is 2. The van der Waals surface area contributed by atoms with E-state index in [9.17, 15) is 4.79 Å². The van der Waals surface area contributed by atoms with E-state index in [2.05, 4.69) is 18.7 Å². The van der Waals surface area contributed by atoms with Crippen molar-refractivity contribution in [2.75, 3.05) is 13.1 Å². The largest absolute Gasteiger partial charge is 0.369 e. The smallest absolute Gasteiger partial charge is 0.223 e. The number of carbonyl (C=O) groups is 1. The van der Waals surface area contributed by atoms with Crippen LogP contribution < -0.4 is 11.5 Å². The second-order valence-corrected chi connectivity index (χ2v) is 4.05. The fourth-order valence-electron chi connectivity index (χ4n) is 1.77. The van der Waals surface area contributed by atoms with E-state index in [0.29, 0.717) is 12.6 Å². The highest BCUT2D eigenvalue weighted by atomic mass is 16.1. The van der Waals surface area contributed by atoms with Gasteiger partial charge in [0.2, 0.25) is 5.91 Å². The molecule has 1 aliphatic rings. The molecule has 0 radical (unpaired) electrons. The Morgan fingerprint density at radius 1 is 1.54 bits per heavy atom. The lowest BCUT2D eigenvalue weighted by Gasteiger charge is -2.37. The molecule has 0 bridgehead atoms. The Labute approximate surface area is 79.3 Å². The fraction of sp³-hybridized carbons (Fsp3) is 0.889. The SMILES string of the molecule is CC(C)N1CCC(N)[C@H](C(N)=O)C1. The fourth-order valence-corrected chi connectivity index (χ4v) is 1.77. The third kappa shape index (κ3) is 2.42. The molecule has 0 aromatic heterocycles. The van der Waals surface area contributed by atoms with Gasteiger partial charge in [0, 0.05) is 18.6 Å². The molecule has 1 fully saturated rings. The van der Waals surface area contributed by atoms with Gasteiger partial charge in [-0.25, -0.2) is 0 Å². The van der Waals surface area contributed by atoms with E-state index in [1.807, 2.05) is 0 Å². The lowest BCUT2D eigenvalue weighted by molar-refractivity contribution is -0.124. The number of carbonyl (C=O) groups excluding carboxylic acids is 1. The molecule has 76 valence electrons. The first kappa shape index (κ1) is 10.5. The van der Waals surface area contributed by atoms with Crippen LogP contribution in [0.5, 0.6) is 0 Å². The molecule has 1 amide bonds. The summed E-state index contributed by atoms with van der Waals surface area (Å²) in [4.78, 5) is 13.3. The van der Waals surface area contributed by atoms with Crippen LogP contribution in [-0.4, -0.2) is 36.0 Å². The highest BCUT2D eigenvalue weighted by Gasteiger charge is 2.31. The normalized spacial score (nSPS) is 30.8. The monoisotopic (exact) mass is 185 g/mol. The molecule has 0 aliphatic carbocycles. The van der Waals surface area contributed by atoms with Crippen LogP contribution in [0.1, 0.15) is 20.3 Å². The summed E-state index contributed by atoms with van der Waals surface area (Å²) in [5, 5.41) is 0. The molecule has 1 aliphatic heterocycles. The van der Waals surface area contributed by atoms with Crippen molar-refractivity contribution in [3.05, 3.63) is 0 Å². The Bertz CT molecular complexity index is 193. The summed E-state index contributed by atoms with van der Waals surface area (Å²) in [6, 6.07) is 0.418. The van der Waals surface area contributed by atoms with Gasteiger partial charge in [-0.3, -0.25) is 4.79 Å². The summed E-state index contributed by atoms with van der Waals surface area (Å²) >= 11 is 0. The quantitative estimate of drug-likeness (QED) is 0.611. The molecule has 13 heavy (non-hydrogen) atoms. The molecule has 4 nitrogen and oxygen atoms in total. The van der Waals surface area contributed by atoms with E-state index in [4.69, 9.17) is 11.5 Å². The van der Waals surface area contributed by atoms with Crippen molar-refractivity contribution in [2.45, 2.75) is 32.4 Å². The maximum absolute atomic E-state index is 11.0. The molecular formula is C9H19N3O. The second kappa shape index (κ2) is 4.07. The van der Waals surface area contributed by atoms with Crippen molar-refractivity contribution in [3.63, 3.8) is 0 Å². The molecule has 1 heterocycles. The molecular weight excluding hydrogens is 166 g/mol. The molecule has 0 aromatic carbocycles. The lowest BCUT2D eigenvalue weighted by Crippen LogP contribution is -2.53. The summed E-state index contributed by atoms with van der Waals surface area (Å²) in [5.41, 5.74) is 11.1. The van der Waals surface area contributed by atoms with Crippen LogP contribution in [0.4, 0.5) is 0 Å². The van der Waals surface area contributed by atoms with Gasteiger partial charge in [0.15, 0.2) is 0 Å². The van der Waals surface area contributed by atoms with Crippen LogP contribution in [-0.2, 0) is 4.79 Å². The topological polar surface area (TPSA) is 72.3 Å². The predicted molar refractivity (Wildman–Crippen MR) is 52.0 cm³/mol. The molecule has 1 unspecified atom stereocenters. The third-order valence-corrected chi connectivity index (χ3v) is 2.79. The average molecular weight is 185 g/mol. The van der Waals surface area contributed by atoms with Crippen molar-refractivity contribution in [1.82, 2.24) is 4.90 Å². The summed E-state index contributed by atoms with van der Waals surface area (Å²) < 4.78 is 0. The number of hydrogen-bond acceptors (Lipinski definition) is 3. The molecule has 4 heteroatoms. The van der Waals surface area contributed by atoms with Gasteiger partial charge in [0.1, 0.15) is 0 Å². The first-order chi connectivity index (χ1) is 6.02. The van der Waals surface area contributed by atoms with Crippen molar-refractivity contribution < 1.29 is 4.79 Å². The number of likely N-dealkylation sites (tertiary alicyclic amines) is 1. The number of nitrogens with zero attached hydrogens (tertiary/aromatic N) is 1. The van der Waals surface area contributed by atoms with Gasteiger partial charge in [0.25, 0.3) is 0 Å². The van der Waals surface area contributed by atoms with Gasteiger partial charge in [-0.1, -0.05) is 0 Å². The minimum Gasteiger partial charge on any atom is -0.369 e. The zero-order chi connectivity index (χ0) is 10.0. The van der Waals surface area contributed by atoms with Crippen molar-refractivity contribution >= 4 is 5.91 Å². The van der Waals surface area contributed by atoms with Crippen molar-refractivity contribution in [2.24, 2.45) is 17.4 Å². The summed E-state index contributed by atoms with van der Waals surface area (Å²) in [7, 11) is 0. The zero-order valence-corrected chi connectivity index (χ0v) is 8.36. The molecule has 1 rings (SSSR count). The molecule has 0 spiro atoms. The Morgan fingerprint density at radius 3 is 2.62 bits per heavy atom. The van der Waals surface area contributed by atoms with Gasteiger partial charge in [-0.15, -0.1) is 0 Å². The number of nitrogens with two attached hydrogens (primary N) is 2. The number of piperidine rings is 1. The summed E-state index contributed by atoms with van der Waals surface area (Å²) in [5.74, 6) is -0.436. The molecule has 0 saturated carbocycles. The van der Waals surface area contributed by atoms with Crippen molar-refractivity contribution in [1.29, 1.82) is 0 Å². The van der Waals surface area contributed by atoms with E-state index in [1.165, 1.54) is 0 Å². The predicted octanol–water partition coefficient (Wildman–Crippen LogP) is -0.471. The second-order valence-electron chi connectivity index (χ2n) is 4.05. The highest BCUT2D eigenvalue weighted by Crippen LogP contribution is 2.17. The van der Waals surface area contributed by atoms with E-state index < -0.39 is 0 Å². The van der Waals surface area contributed by atoms with Crippen LogP contribution in [0.3, 0.4) is 0 Å². The summed E-state index contributed by atoms with van der Waals surface area (Å²) in [6.07, 6.45) is 0.867. The highest BCUT2D eigenvalue weighted by molar-refractivity contribution is 5.77. The van der Waals surface area contributed by atoms with Crippen molar-refractivity contribution in [3.8, 4) is 0 Å². The maximum atomic E-state index is 11.0. The first-order valence-corrected chi connectivity index (χ1v) is 4.81. The minimum absolute atomic E-state index is 0.0486. The van der Waals surface area contributed by atoms with Gasteiger partial charge >= 0.3 is 0 Å². The molecule has 0 aromatic rings. The van der Waals surface area contributed by atoms with E-state index in [0.717, 1.165) is 13.0 Å². The molecule has 4 N–H and O–H groups in total. The maximum Gasteiger partial charge on any atom is 0.223 e. The molecule has 1 saturated heterocycles. The van der Waals surface area contributed by atoms with Crippen LogP contribution in [0.2, 0.25) is 0 Å². The number of hydrogen-bond donors (Lipinski definition) is 2. The summed E-state index contributed by atoms with van der Waals surface area (Å²) in [6.45, 7) is 5.93. The average Bonchev–Trinajstić information content (AvgIpc) is 2.04. The van der Waals surface area contributed by atoms with Gasteiger partial charge in [0.05, 0.1) is 5.92 Å². The Kier molecular flexibility index (Phi) is 3.27. The lowest BCUT2D eigenvalue weighted by atomic mass is 9.91. The van der Waals surface area contributed by atoms with Crippen LogP contribution in [0.15, 0.2) is 0 Å². The van der Waals surface area contributed by atoms with Gasteiger partial charge in [-0.05, 0) is 26.8 Å². The Morgan fingerprint density at radius 2 is 2.15 bits per heavy atom. The van der Waals surface area contributed by atoms with Gasteiger partial charge in [-0.2, -0.15) is 0 Å². The van der Waals surface area contributed by atoms with E-state index in [1.54, 1.807) is 0 Å². The Balaban J connectivity index is 2.58.